The standard InChI is InChI=1S/C20H19ClN4O4S/c1-29-15-7-5-13(6-8-15)17-11-19(23-20(26)16-3-2-4-18(21)22-16)25(24-17)14-9-10-30(27,28)12-14/h2-8,11,14H,9-10,12H2,1H3,(H,23,26)/t14-/m1/s1. The molecule has 10 heteroatoms. The molecule has 2 aromatic heterocycles. The van der Waals surface area contributed by atoms with Crippen molar-refractivity contribution in [2.75, 3.05) is 23.9 Å². The highest BCUT2D eigenvalue weighted by Gasteiger charge is 2.32. The predicted octanol–water partition coefficient (Wildman–Crippen LogP) is 3.22. The largest absolute Gasteiger partial charge is 0.497 e. The molecule has 4 rings (SSSR count). The van der Waals surface area contributed by atoms with E-state index in [1.165, 1.54) is 0 Å². The van der Waals surface area contributed by atoms with Crippen molar-refractivity contribution in [2.45, 2.75) is 12.5 Å². The minimum absolute atomic E-state index is 0.0188. The maximum absolute atomic E-state index is 12.7. The van der Waals surface area contributed by atoms with Crippen LogP contribution in [0.1, 0.15) is 23.0 Å². The first-order valence-electron chi connectivity index (χ1n) is 9.23. The molecule has 1 N–H and O–H groups in total. The Kier molecular flexibility index (Phi) is 5.48. The van der Waals surface area contributed by atoms with E-state index in [-0.39, 0.29) is 28.4 Å². The molecule has 1 fully saturated rings. The zero-order valence-corrected chi connectivity index (χ0v) is 17.7. The lowest BCUT2D eigenvalue weighted by atomic mass is 10.1. The molecule has 0 saturated carbocycles. The van der Waals surface area contributed by atoms with Crippen molar-refractivity contribution in [2.24, 2.45) is 0 Å². The fraction of sp³-hybridized carbons (Fsp3) is 0.250. The Hall–Kier alpha value is -2.91. The summed E-state index contributed by atoms with van der Waals surface area (Å²) < 4.78 is 30.7. The van der Waals surface area contributed by atoms with Crippen molar-refractivity contribution in [3.8, 4) is 17.0 Å². The van der Waals surface area contributed by atoms with Crippen LogP contribution in [0.5, 0.6) is 5.75 Å². The Balaban J connectivity index is 1.69. The highest BCUT2D eigenvalue weighted by Crippen LogP contribution is 2.31. The zero-order valence-electron chi connectivity index (χ0n) is 16.1. The van der Waals surface area contributed by atoms with Gasteiger partial charge in [0.2, 0.25) is 0 Å². The van der Waals surface area contributed by atoms with E-state index >= 15 is 0 Å². The van der Waals surface area contributed by atoms with Gasteiger partial charge >= 0.3 is 0 Å². The second-order valence-electron chi connectivity index (χ2n) is 6.94. The summed E-state index contributed by atoms with van der Waals surface area (Å²) in [5, 5.41) is 7.60. The first-order chi connectivity index (χ1) is 14.3. The fourth-order valence-electron chi connectivity index (χ4n) is 3.35. The molecule has 1 aliphatic rings. The number of carbonyl (C=O) groups excluding carboxylic acids is 1. The number of rotatable bonds is 5. The number of carbonyl (C=O) groups is 1. The topological polar surface area (TPSA) is 103 Å². The molecule has 0 spiro atoms. The Labute approximate surface area is 178 Å². The monoisotopic (exact) mass is 446 g/mol. The first kappa shape index (κ1) is 20.4. The van der Waals surface area contributed by atoms with Crippen molar-refractivity contribution >= 4 is 33.2 Å². The lowest BCUT2D eigenvalue weighted by molar-refractivity contribution is 0.102. The van der Waals surface area contributed by atoms with Crippen molar-refractivity contribution in [3.63, 3.8) is 0 Å². The minimum atomic E-state index is -3.13. The summed E-state index contributed by atoms with van der Waals surface area (Å²) in [6.07, 6.45) is 0.435. The molecule has 0 unspecified atom stereocenters. The lowest BCUT2D eigenvalue weighted by Crippen LogP contribution is -2.20. The molecule has 1 aromatic carbocycles. The normalized spacial score (nSPS) is 17.6. The number of nitrogens with zero attached hydrogens (tertiary/aromatic N) is 3. The number of hydrogen-bond acceptors (Lipinski definition) is 6. The molecule has 3 heterocycles. The fourth-order valence-corrected chi connectivity index (χ4v) is 5.21. The molecule has 0 radical (unpaired) electrons. The van der Waals surface area contributed by atoms with Crippen LogP contribution in [0.3, 0.4) is 0 Å². The van der Waals surface area contributed by atoms with Crippen LogP contribution in [0, 0.1) is 0 Å². The number of hydrogen-bond donors (Lipinski definition) is 1. The van der Waals surface area contributed by atoms with E-state index in [1.807, 2.05) is 24.3 Å². The first-order valence-corrected chi connectivity index (χ1v) is 11.4. The van der Waals surface area contributed by atoms with Crippen molar-refractivity contribution in [1.82, 2.24) is 14.8 Å². The molecule has 0 aliphatic carbocycles. The summed E-state index contributed by atoms with van der Waals surface area (Å²) in [6, 6.07) is 13.4. The highest BCUT2D eigenvalue weighted by molar-refractivity contribution is 7.91. The van der Waals surface area contributed by atoms with Gasteiger partial charge in [0.05, 0.1) is 30.4 Å². The number of aromatic nitrogens is 3. The molecule has 30 heavy (non-hydrogen) atoms. The second-order valence-corrected chi connectivity index (χ2v) is 9.56. The Bertz CT molecular complexity index is 1190. The summed E-state index contributed by atoms with van der Waals surface area (Å²) in [5.41, 5.74) is 1.57. The zero-order chi connectivity index (χ0) is 21.3. The van der Waals surface area contributed by atoms with E-state index in [0.29, 0.717) is 23.7 Å². The number of nitrogens with one attached hydrogen (secondary N) is 1. The number of amides is 1. The summed E-state index contributed by atoms with van der Waals surface area (Å²) >= 11 is 5.88. The Morgan fingerprint density at radius 3 is 2.63 bits per heavy atom. The van der Waals surface area contributed by atoms with Crippen LogP contribution in [0.2, 0.25) is 5.15 Å². The van der Waals surface area contributed by atoms with Gasteiger partial charge in [0.25, 0.3) is 5.91 Å². The van der Waals surface area contributed by atoms with Crippen LogP contribution in [0.25, 0.3) is 11.3 Å². The van der Waals surface area contributed by atoms with Crippen molar-refractivity contribution in [3.05, 3.63) is 59.4 Å². The van der Waals surface area contributed by atoms with Gasteiger partial charge < -0.3 is 10.1 Å². The summed E-state index contributed by atoms with van der Waals surface area (Å²) in [7, 11) is -1.55. The molecule has 0 bridgehead atoms. The number of ether oxygens (including phenoxy) is 1. The number of methoxy groups -OCH3 is 1. The van der Waals surface area contributed by atoms with Gasteiger partial charge in [0, 0.05) is 11.6 Å². The number of pyridine rings is 1. The van der Waals surface area contributed by atoms with E-state index in [9.17, 15) is 13.2 Å². The quantitative estimate of drug-likeness (QED) is 0.603. The molecule has 8 nitrogen and oxygen atoms in total. The highest BCUT2D eigenvalue weighted by atomic mass is 35.5. The molecule has 1 amide bonds. The van der Waals surface area contributed by atoms with Crippen LogP contribution in [0.4, 0.5) is 5.82 Å². The molecule has 1 saturated heterocycles. The average molecular weight is 447 g/mol. The maximum Gasteiger partial charge on any atom is 0.275 e. The third-order valence-corrected chi connectivity index (χ3v) is 6.83. The van der Waals surface area contributed by atoms with E-state index in [1.54, 1.807) is 36.1 Å². The van der Waals surface area contributed by atoms with Crippen LogP contribution < -0.4 is 10.1 Å². The Morgan fingerprint density at radius 1 is 1.23 bits per heavy atom. The Morgan fingerprint density at radius 2 is 2.00 bits per heavy atom. The van der Waals surface area contributed by atoms with Gasteiger partial charge in [-0.2, -0.15) is 5.10 Å². The van der Waals surface area contributed by atoms with E-state index < -0.39 is 15.7 Å². The van der Waals surface area contributed by atoms with E-state index in [0.717, 1.165) is 5.56 Å². The maximum atomic E-state index is 12.7. The van der Waals surface area contributed by atoms with Gasteiger partial charge in [-0.15, -0.1) is 0 Å². The number of benzene rings is 1. The molecule has 1 aliphatic heterocycles. The number of halogens is 1. The van der Waals surface area contributed by atoms with Crippen molar-refractivity contribution in [1.29, 1.82) is 0 Å². The SMILES string of the molecule is COc1ccc(-c2cc(NC(=O)c3cccc(Cl)n3)n([C@@H]3CCS(=O)(=O)C3)n2)cc1. The summed E-state index contributed by atoms with van der Waals surface area (Å²) in [5.74, 6) is 0.726. The smallest absolute Gasteiger partial charge is 0.275 e. The third kappa shape index (κ3) is 4.31. The van der Waals surface area contributed by atoms with Crippen LogP contribution in [-0.4, -0.2) is 47.7 Å². The van der Waals surface area contributed by atoms with E-state index in [4.69, 9.17) is 16.3 Å². The van der Waals surface area contributed by atoms with E-state index in [2.05, 4.69) is 15.4 Å². The molecule has 156 valence electrons. The van der Waals surface area contributed by atoms with Gasteiger partial charge in [-0.25, -0.2) is 18.1 Å². The van der Waals surface area contributed by atoms with Gasteiger partial charge in [-0.05, 0) is 42.8 Å². The second kappa shape index (κ2) is 8.08. The molecular weight excluding hydrogens is 428 g/mol. The van der Waals surface area contributed by atoms with Gasteiger partial charge in [-0.3, -0.25) is 4.79 Å². The molecule has 3 aromatic rings. The van der Waals surface area contributed by atoms with Crippen LogP contribution in [0.15, 0.2) is 48.5 Å². The average Bonchev–Trinajstić information content (AvgIpc) is 3.31. The van der Waals surface area contributed by atoms with Gasteiger partial charge in [0.1, 0.15) is 22.4 Å². The van der Waals surface area contributed by atoms with Gasteiger partial charge in [-0.1, -0.05) is 17.7 Å². The summed E-state index contributed by atoms with van der Waals surface area (Å²) in [4.78, 5) is 16.7. The third-order valence-electron chi connectivity index (χ3n) is 4.87. The molecule has 1 atom stereocenters. The lowest BCUT2D eigenvalue weighted by Gasteiger charge is -2.13. The van der Waals surface area contributed by atoms with Gasteiger partial charge in [0.15, 0.2) is 9.84 Å². The van der Waals surface area contributed by atoms with Crippen LogP contribution >= 0.6 is 11.6 Å². The minimum Gasteiger partial charge on any atom is -0.497 e. The summed E-state index contributed by atoms with van der Waals surface area (Å²) in [6.45, 7) is 0. The molecular formula is C20H19ClN4O4S. The predicted molar refractivity (Wildman–Crippen MR) is 114 cm³/mol. The van der Waals surface area contributed by atoms with Crippen LogP contribution in [-0.2, 0) is 9.84 Å². The van der Waals surface area contributed by atoms with Crippen molar-refractivity contribution < 1.29 is 17.9 Å². The number of anilines is 1. The number of sulfone groups is 1.